The van der Waals surface area contributed by atoms with Crippen LogP contribution in [0.4, 0.5) is 4.79 Å². The van der Waals surface area contributed by atoms with E-state index in [1.165, 1.54) is 49.3 Å². The number of nitrogens with one attached hydrogen (secondary N) is 1. The number of hydrogen-bond donors (Lipinski definition) is 3. The van der Waals surface area contributed by atoms with Gasteiger partial charge < -0.3 is 25.5 Å². The maximum Gasteiger partial charge on any atom is 0.341 e. The van der Waals surface area contributed by atoms with E-state index in [0.717, 1.165) is 21.9 Å². The van der Waals surface area contributed by atoms with Crippen LogP contribution < -0.4 is 10.5 Å². The SMILES string of the molecule is CN(C)C(=O)c1cc(S(=O)(=O)N2C(=O)N(CCCCCN)C(=O)C2Cc2c[nH]c3ccccc23)ccc1Oc1ccc(O)c(Cl)c1. The zero-order valence-electron chi connectivity index (χ0n) is 25.3. The van der Waals surface area contributed by atoms with Crippen LogP contribution in [0, 0.1) is 0 Å². The van der Waals surface area contributed by atoms with Crippen molar-refractivity contribution in [1.82, 2.24) is 19.1 Å². The highest BCUT2D eigenvalue weighted by atomic mass is 35.5. The van der Waals surface area contributed by atoms with Crippen molar-refractivity contribution in [2.75, 3.05) is 27.2 Å². The maximum absolute atomic E-state index is 14.3. The van der Waals surface area contributed by atoms with Gasteiger partial charge in [0.2, 0.25) is 0 Å². The number of imide groups is 1. The Bertz CT molecular complexity index is 1910. The normalized spacial score (nSPS) is 15.2. The van der Waals surface area contributed by atoms with E-state index in [4.69, 9.17) is 22.1 Å². The molecule has 2 heterocycles. The molecular formula is C32H34ClN5O7S. The molecule has 5 rings (SSSR count). The third-order valence-electron chi connectivity index (χ3n) is 7.72. The lowest BCUT2D eigenvalue weighted by atomic mass is 10.0. The molecule has 1 unspecified atom stereocenters. The Hall–Kier alpha value is -4.59. The summed E-state index contributed by atoms with van der Waals surface area (Å²) in [7, 11) is -1.68. The highest BCUT2D eigenvalue weighted by Crippen LogP contribution is 2.35. The lowest BCUT2D eigenvalue weighted by Gasteiger charge is -2.23. The van der Waals surface area contributed by atoms with Crippen LogP contribution in [0.1, 0.15) is 35.2 Å². The van der Waals surface area contributed by atoms with E-state index in [2.05, 4.69) is 4.98 Å². The largest absolute Gasteiger partial charge is 0.506 e. The number of halogens is 1. The van der Waals surface area contributed by atoms with Crippen molar-refractivity contribution >= 4 is 50.4 Å². The Morgan fingerprint density at radius 2 is 1.83 bits per heavy atom. The molecule has 1 aliphatic rings. The second-order valence-electron chi connectivity index (χ2n) is 11.1. The number of carbonyl (C=O) groups excluding carboxylic acids is 3. The standard InChI is InChI=1S/C32H34ClN5O7S/c1-36(2)30(40)24-18-22(11-13-29(24)45-21-10-12-28(39)25(33)17-21)46(43,44)38-27(16-20-19-35-26-9-5-4-8-23(20)26)31(41)37(32(38)42)15-7-3-6-14-34/h4-5,8-13,17-19,27,35,39H,3,6-7,14-16,34H2,1-2H3. The number of urea groups is 1. The Morgan fingerprint density at radius 3 is 2.54 bits per heavy atom. The molecule has 0 spiro atoms. The van der Waals surface area contributed by atoms with Crippen LogP contribution in [0.5, 0.6) is 17.2 Å². The molecule has 12 nitrogen and oxygen atoms in total. The van der Waals surface area contributed by atoms with E-state index in [1.54, 1.807) is 6.20 Å². The van der Waals surface area contributed by atoms with Crippen LogP contribution in [0.25, 0.3) is 10.9 Å². The quantitative estimate of drug-likeness (QED) is 0.144. The molecule has 46 heavy (non-hydrogen) atoms. The maximum atomic E-state index is 14.3. The minimum Gasteiger partial charge on any atom is -0.506 e. The molecule has 1 saturated heterocycles. The highest BCUT2D eigenvalue weighted by molar-refractivity contribution is 7.89. The van der Waals surface area contributed by atoms with E-state index >= 15 is 0 Å². The third kappa shape index (κ3) is 6.39. The molecule has 1 fully saturated rings. The predicted octanol–water partition coefficient (Wildman–Crippen LogP) is 4.71. The molecule has 4 amide bonds. The molecule has 3 aromatic carbocycles. The van der Waals surface area contributed by atoms with Crippen LogP contribution in [-0.4, -0.2) is 83.7 Å². The van der Waals surface area contributed by atoms with Crippen LogP contribution >= 0.6 is 11.6 Å². The molecule has 4 aromatic rings. The summed E-state index contributed by atoms with van der Waals surface area (Å²) in [6, 6.07) is 12.8. The first kappa shape index (κ1) is 32.8. The minimum atomic E-state index is -4.67. The Labute approximate surface area is 271 Å². The van der Waals surface area contributed by atoms with Gasteiger partial charge in [0.05, 0.1) is 15.5 Å². The van der Waals surface area contributed by atoms with Crippen LogP contribution in [-0.2, 0) is 21.2 Å². The average Bonchev–Trinajstić information content (AvgIpc) is 3.54. The molecule has 0 radical (unpaired) electrons. The smallest absolute Gasteiger partial charge is 0.341 e. The summed E-state index contributed by atoms with van der Waals surface area (Å²) in [6.07, 6.45) is 3.48. The summed E-state index contributed by atoms with van der Waals surface area (Å²) in [4.78, 5) is 45.8. The van der Waals surface area contributed by atoms with Gasteiger partial charge >= 0.3 is 6.03 Å². The number of nitrogens with zero attached hydrogens (tertiary/aromatic N) is 3. The number of aromatic nitrogens is 1. The van der Waals surface area contributed by atoms with Crippen molar-refractivity contribution in [3.05, 3.63) is 83.0 Å². The number of phenols is 1. The number of sulfonamides is 1. The Balaban J connectivity index is 1.55. The van der Waals surface area contributed by atoms with E-state index in [1.807, 2.05) is 24.3 Å². The monoisotopic (exact) mass is 667 g/mol. The number of aromatic hydroxyl groups is 1. The first-order valence-electron chi connectivity index (χ1n) is 14.6. The summed E-state index contributed by atoms with van der Waals surface area (Å²) in [6.45, 7) is 0.499. The zero-order valence-corrected chi connectivity index (χ0v) is 26.8. The second-order valence-corrected chi connectivity index (χ2v) is 13.3. The number of phenolic OH excluding ortho intramolecular Hbond substituents is 1. The lowest BCUT2D eigenvalue weighted by Crippen LogP contribution is -2.41. The fourth-order valence-electron chi connectivity index (χ4n) is 5.33. The van der Waals surface area contributed by atoms with Crippen molar-refractivity contribution < 1.29 is 32.6 Å². The number of benzene rings is 3. The number of rotatable bonds is 12. The highest BCUT2D eigenvalue weighted by Gasteiger charge is 2.51. The van der Waals surface area contributed by atoms with Crippen molar-refractivity contribution in [2.24, 2.45) is 5.73 Å². The summed E-state index contributed by atoms with van der Waals surface area (Å²) < 4.78 is 35.1. The third-order valence-corrected chi connectivity index (χ3v) is 9.80. The molecule has 1 aliphatic heterocycles. The number of para-hydroxylation sites is 1. The van der Waals surface area contributed by atoms with Gasteiger partial charge in [0, 0.05) is 50.2 Å². The summed E-state index contributed by atoms with van der Waals surface area (Å²) in [5.74, 6) is -1.16. The van der Waals surface area contributed by atoms with E-state index in [9.17, 15) is 27.9 Å². The van der Waals surface area contributed by atoms with Gasteiger partial charge in [-0.05, 0) is 61.3 Å². The van der Waals surface area contributed by atoms with Gasteiger partial charge in [0.15, 0.2) is 0 Å². The van der Waals surface area contributed by atoms with Gasteiger partial charge in [-0.25, -0.2) is 17.5 Å². The number of fused-ring (bicyclic) bond motifs is 1. The Kier molecular flexibility index (Phi) is 9.56. The van der Waals surface area contributed by atoms with E-state index < -0.39 is 33.9 Å². The van der Waals surface area contributed by atoms with Crippen molar-refractivity contribution in [3.8, 4) is 17.2 Å². The lowest BCUT2D eigenvalue weighted by molar-refractivity contribution is -0.128. The molecule has 0 aliphatic carbocycles. The van der Waals surface area contributed by atoms with Gasteiger partial charge in [0.25, 0.3) is 21.8 Å². The summed E-state index contributed by atoms with van der Waals surface area (Å²) >= 11 is 6.01. The molecule has 1 atom stereocenters. The van der Waals surface area contributed by atoms with E-state index in [0.29, 0.717) is 35.7 Å². The van der Waals surface area contributed by atoms with Crippen molar-refractivity contribution in [3.63, 3.8) is 0 Å². The first-order chi connectivity index (χ1) is 21.9. The number of unbranched alkanes of at least 4 members (excludes halogenated alkanes) is 2. The second kappa shape index (κ2) is 13.4. The topological polar surface area (TPSA) is 166 Å². The number of nitrogens with two attached hydrogens (primary N) is 1. The van der Waals surface area contributed by atoms with Gasteiger partial charge in [-0.15, -0.1) is 0 Å². The molecule has 1 aromatic heterocycles. The molecule has 14 heteroatoms. The van der Waals surface area contributed by atoms with E-state index in [-0.39, 0.29) is 45.7 Å². The molecule has 4 N–H and O–H groups in total. The van der Waals surface area contributed by atoms with Gasteiger partial charge in [-0.1, -0.05) is 36.2 Å². The number of ether oxygens (including phenoxy) is 1. The number of amides is 4. The molecular weight excluding hydrogens is 634 g/mol. The van der Waals surface area contributed by atoms with Crippen LogP contribution in [0.2, 0.25) is 5.02 Å². The predicted molar refractivity (Wildman–Crippen MR) is 172 cm³/mol. The number of aromatic amines is 1. The first-order valence-corrected chi connectivity index (χ1v) is 16.4. The van der Waals surface area contributed by atoms with Crippen molar-refractivity contribution in [1.29, 1.82) is 0 Å². The van der Waals surface area contributed by atoms with Gasteiger partial charge in [-0.3, -0.25) is 14.5 Å². The summed E-state index contributed by atoms with van der Waals surface area (Å²) in [5.41, 5.74) is 6.96. The number of carbonyl (C=O) groups is 3. The number of H-pyrrole nitrogens is 1. The zero-order chi connectivity index (χ0) is 33.2. The molecule has 0 bridgehead atoms. The minimum absolute atomic E-state index is 0.0140. The fraction of sp³-hybridized carbons (Fsp3) is 0.281. The van der Waals surface area contributed by atoms with Crippen molar-refractivity contribution in [2.45, 2.75) is 36.6 Å². The van der Waals surface area contributed by atoms with Gasteiger partial charge in [0.1, 0.15) is 23.3 Å². The molecule has 0 saturated carbocycles. The van der Waals surface area contributed by atoms with Gasteiger partial charge in [-0.2, -0.15) is 0 Å². The van der Waals surface area contributed by atoms with Crippen LogP contribution in [0.3, 0.4) is 0 Å². The average molecular weight is 668 g/mol. The fourth-order valence-corrected chi connectivity index (χ4v) is 7.04. The number of hydrogen-bond acceptors (Lipinski definition) is 8. The molecule has 242 valence electrons. The van der Waals surface area contributed by atoms with Crippen LogP contribution in [0.15, 0.2) is 71.8 Å². The summed E-state index contributed by atoms with van der Waals surface area (Å²) in [5, 5.41) is 10.6. The Morgan fingerprint density at radius 1 is 1.07 bits per heavy atom.